The second-order valence-corrected chi connectivity index (χ2v) is 5.87. The van der Waals surface area contributed by atoms with Gasteiger partial charge >= 0.3 is 0 Å². The van der Waals surface area contributed by atoms with Gasteiger partial charge in [0, 0.05) is 31.4 Å². The Hall–Kier alpha value is -2.11. The van der Waals surface area contributed by atoms with E-state index >= 15 is 0 Å². The molecular weight excluding hydrogens is 287 g/mol. The summed E-state index contributed by atoms with van der Waals surface area (Å²) in [6.07, 6.45) is 1.60. The van der Waals surface area contributed by atoms with Gasteiger partial charge in [-0.15, -0.1) is 0 Å². The van der Waals surface area contributed by atoms with E-state index in [9.17, 15) is 14.3 Å². The van der Waals surface area contributed by atoms with Crippen LogP contribution in [0, 0.1) is 11.7 Å². The molecule has 0 bridgehead atoms. The maximum Gasteiger partial charge on any atom is 0.220 e. The largest absolute Gasteiger partial charge is 0.505 e. The molecule has 22 heavy (non-hydrogen) atoms. The van der Waals surface area contributed by atoms with Crippen LogP contribution in [0.2, 0.25) is 0 Å². The first-order valence-electron chi connectivity index (χ1n) is 7.44. The van der Waals surface area contributed by atoms with E-state index in [0.29, 0.717) is 43.0 Å². The molecule has 1 atom stereocenters. The van der Waals surface area contributed by atoms with Crippen molar-refractivity contribution in [2.24, 2.45) is 11.1 Å². The van der Waals surface area contributed by atoms with Crippen LogP contribution in [0.5, 0.6) is 5.75 Å². The van der Waals surface area contributed by atoms with E-state index in [4.69, 9.17) is 4.84 Å². The number of nitrogens with one attached hydrogen (secondary N) is 1. The SMILES string of the molecule is CC(C)CC(=O)NCCC1CC(c2ccc(O)c(F)c2)=NO1. The highest BCUT2D eigenvalue weighted by atomic mass is 19.1. The molecule has 5 nitrogen and oxygen atoms in total. The standard InChI is InChI=1S/C16H21FN2O3/c1-10(2)7-16(21)18-6-5-12-9-14(19-22-12)11-3-4-15(20)13(17)8-11/h3-4,8,10,12,20H,5-7,9H2,1-2H3,(H,18,21). The summed E-state index contributed by atoms with van der Waals surface area (Å²) < 4.78 is 13.3. The van der Waals surface area contributed by atoms with Gasteiger partial charge in [-0.25, -0.2) is 4.39 Å². The molecule has 1 aliphatic rings. The van der Waals surface area contributed by atoms with Crippen LogP contribution >= 0.6 is 0 Å². The minimum atomic E-state index is -0.676. The molecular formula is C16H21FN2O3. The van der Waals surface area contributed by atoms with Crippen LogP contribution in [0.25, 0.3) is 0 Å². The number of carbonyl (C=O) groups excluding carboxylic acids is 1. The second-order valence-electron chi connectivity index (χ2n) is 5.87. The van der Waals surface area contributed by atoms with Gasteiger partial charge in [0.25, 0.3) is 0 Å². The van der Waals surface area contributed by atoms with E-state index in [2.05, 4.69) is 10.5 Å². The Morgan fingerprint density at radius 2 is 2.32 bits per heavy atom. The predicted molar refractivity (Wildman–Crippen MR) is 81.2 cm³/mol. The van der Waals surface area contributed by atoms with Crippen LogP contribution in [-0.2, 0) is 9.63 Å². The summed E-state index contributed by atoms with van der Waals surface area (Å²) in [7, 11) is 0. The van der Waals surface area contributed by atoms with Crippen LogP contribution in [0.1, 0.15) is 38.7 Å². The van der Waals surface area contributed by atoms with Gasteiger partial charge in [-0.1, -0.05) is 19.0 Å². The summed E-state index contributed by atoms with van der Waals surface area (Å²) in [5.41, 5.74) is 1.25. The minimum absolute atomic E-state index is 0.0368. The molecule has 0 saturated carbocycles. The molecule has 0 aromatic heterocycles. The topological polar surface area (TPSA) is 70.9 Å². The Labute approximate surface area is 129 Å². The molecule has 1 heterocycles. The lowest BCUT2D eigenvalue weighted by Gasteiger charge is -2.10. The number of amides is 1. The molecule has 0 radical (unpaired) electrons. The number of nitrogens with zero attached hydrogens (tertiary/aromatic N) is 1. The fourth-order valence-electron chi connectivity index (χ4n) is 2.26. The van der Waals surface area contributed by atoms with Gasteiger partial charge in [-0.2, -0.15) is 0 Å². The molecule has 1 unspecified atom stereocenters. The Bertz CT molecular complexity index is 573. The number of rotatable bonds is 6. The van der Waals surface area contributed by atoms with Crippen molar-refractivity contribution in [3.05, 3.63) is 29.6 Å². The number of carbonyl (C=O) groups is 1. The van der Waals surface area contributed by atoms with Crippen molar-refractivity contribution in [2.45, 2.75) is 39.2 Å². The van der Waals surface area contributed by atoms with Crippen molar-refractivity contribution in [1.29, 1.82) is 0 Å². The molecule has 1 aromatic carbocycles. The fraction of sp³-hybridized carbons (Fsp3) is 0.500. The Kier molecular flexibility index (Phi) is 5.35. The number of halogens is 1. The maximum absolute atomic E-state index is 13.3. The Balaban J connectivity index is 1.77. The zero-order chi connectivity index (χ0) is 16.1. The summed E-state index contributed by atoms with van der Waals surface area (Å²) in [6.45, 7) is 4.52. The number of benzene rings is 1. The molecule has 2 N–H and O–H groups in total. The third-order valence-electron chi connectivity index (χ3n) is 3.40. The molecule has 120 valence electrons. The summed E-state index contributed by atoms with van der Waals surface area (Å²) in [5, 5.41) is 16.0. The van der Waals surface area contributed by atoms with Crippen LogP contribution in [0.4, 0.5) is 4.39 Å². The fourth-order valence-corrected chi connectivity index (χ4v) is 2.26. The van der Waals surface area contributed by atoms with E-state index in [1.165, 1.54) is 12.1 Å². The lowest BCUT2D eigenvalue weighted by Crippen LogP contribution is -2.28. The summed E-state index contributed by atoms with van der Waals surface area (Å²) in [6, 6.07) is 4.14. The summed E-state index contributed by atoms with van der Waals surface area (Å²) >= 11 is 0. The number of phenolic OH excluding ortho intramolecular Hbond substituents is 1. The number of oxime groups is 1. The average Bonchev–Trinajstić information content (AvgIpc) is 2.90. The normalized spacial score (nSPS) is 17.3. The molecule has 0 fully saturated rings. The lowest BCUT2D eigenvalue weighted by molar-refractivity contribution is -0.121. The highest BCUT2D eigenvalue weighted by Crippen LogP contribution is 2.22. The van der Waals surface area contributed by atoms with Crippen molar-refractivity contribution in [2.75, 3.05) is 6.54 Å². The van der Waals surface area contributed by atoms with E-state index in [-0.39, 0.29) is 17.8 Å². The summed E-state index contributed by atoms with van der Waals surface area (Å²) in [5.74, 6) is -0.686. The zero-order valence-corrected chi connectivity index (χ0v) is 12.8. The first-order chi connectivity index (χ1) is 10.5. The second kappa shape index (κ2) is 7.24. The number of hydrogen-bond donors (Lipinski definition) is 2. The van der Waals surface area contributed by atoms with Crippen LogP contribution in [0.3, 0.4) is 0 Å². The van der Waals surface area contributed by atoms with Crippen LogP contribution in [0.15, 0.2) is 23.4 Å². The van der Waals surface area contributed by atoms with Gasteiger partial charge in [-0.3, -0.25) is 4.79 Å². The molecule has 2 rings (SSSR count). The van der Waals surface area contributed by atoms with Crippen LogP contribution < -0.4 is 5.32 Å². The third-order valence-corrected chi connectivity index (χ3v) is 3.40. The lowest BCUT2D eigenvalue weighted by atomic mass is 10.0. The zero-order valence-electron chi connectivity index (χ0n) is 12.8. The van der Waals surface area contributed by atoms with Gasteiger partial charge in [0.1, 0.15) is 6.10 Å². The Morgan fingerprint density at radius 1 is 1.55 bits per heavy atom. The average molecular weight is 308 g/mol. The first-order valence-corrected chi connectivity index (χ1v) is 7.44. The van der Waals surface area contributed by atoms with E-state index in [1.54, 1.807) is 6.07 Å². The number of phenols is 1. The molecule has 6 heteroatoms. The quantitative estimate of drug-likeness (QED) is 0.848. The molecule has 1 aliphatic heterocycles. The highest BCUT2D eigenvalue weighted by molar-refractivity contribution is 6.01. The van der Waals surface area contributed by atoms with Gasteiger partial charge in [-0.05, 0) is 24.1 Å². The van der Waals surface area contributed by atoms with Gasteiger partial charge in [0.05, 0.1) is 5.71 Å². The smallest absolute Gasteiger partial charge is 0.220 e. The van der Waals surface area contributed by atoms with Crippen molar-refractivity contribution in [1.82, 2.24) is 5.32 Å². The molecule has 0 saturated heterocycles. The molecule has 1 amide bonds. The maximum atomic E-state index is 13.3. The molecule has 0 spiro atoms. The third kappa shape index (κ3) is 4.44. The van der Waals surface area contributed by atoms with Crippen LogP contribution in [-0.4, -0.2) is 29.4 Å². The summed E-state index contributed by atoms with van der Waals surface area (Å²) in [4.78, 5) is 16.8. The predicted octanol–water partition coefficient (Wildman–Crippen LogP) is 2.58. The van der Waals surface area contributed by atoms with Gasteiger partial charge in [0.15, 0.2) is 11.6 Å². The van der Waals surface area contributed by atoms with Crippen molar-refractivity contribution in [3.8, 4) is 5.75 Å². The monoisotopic (exact) mass is 308 g/mol. The van der Waals surface area contributed by atoms with Gasteiger partial charge in [0.2, 0.25) is 5.91 Å². The minimum Gasteiger partial charge on any atom is -0.505 e. The molecule has 1 aromatic rings. The van der Waals surface area contributed by atoms with Crippen molar-refractivity contribution >= 4 is 11.6 Å². The van der Waals surface area contributed by atoms with E-state index in [0.717, 1.165) is 0 Å². The Morgan fingerprint density at radius 3 is 3.00 bits per heavy atom. The van der Waals surface area contributed by atoms with E-state index in [1.807, 2.05) is 13.8 Å². The van der Waals surface area contributed by atoms with E-state index < -0.39 is 5.82 Å². The highest BCUT2D eigenvalue weighted by Gasteiger charge is 2.22. The van der Waals surface area contributed by atoms with Crippen molar-refractivity contribution < 1.29 is 19.1 Å². The molecule has 0 aliphatic carbocycles. The number of hydrogen-bond acceptors (Lipinski definition) is 4. The van der Waals surface area contributed by atoms with Crippen molar-refractivity contribution in [3.63, 3.8) is 0 Å². The first kappa shape index (κ1) is 16.3. The van der Waals surface area contributed by atoms with Gasteiger partial charge < -0.3 is 15.3 Å². The number of aromatic hydroxyl groups is 1.